The molecule has 1 aliphatic rings. The monoisotopic (exact) mass is 445 g/mol. The maximum absolute atomic E-state index is 13.6. The van der Waals surface area contributed by atoms with Crippen LogP contribution in [-0.4, -0.2) is 23.9 Å². The summed E-state index contributed by atoms with van der Waals surface area (Å²) in [5.41, 5.74) is 2.05. The maximum Gasteiger partial charge on any atom is 0.294 e. The van der Waals surface area contributed by atoms with Crippen molar-refractivity contribution in [3.05, 3.63) is 93.6 Å². The summed E-state index contributed by atoms with van der Waals surface area (Å²) in [7, 11) is 1.56. The van der Waals surface area contributed by atoms with Crippen molar-refractivity contribution in [1.29, 1.82) is 0 Å². The van der Waals surface area contributed by atoms with Crippen molar-refractivity contribution in [2.45, 2.75) is 13.0 Å². The molecular weight excluding hydrogens is 426 g/mol. The van der Waals surface area contributed by atoms with E-state index < -0.39 is 23.5 Å². The molecule has 1 aliphatic heterocycles. The van der Waals surface area contributed by atoms with E-state index in [9.17, 15) is 14.7 Å². The van der Waals surface area contributed by atoms with Crippen molar-refractivity contribution in [2.24, 2.45) is 0 Å². The van der Waals surface area contributed by atoms with Crippen LogP contribution in [0.3, 0.4) is 0 Å². The normalized spacial score (nSPS) is 16.2. The summed E-state index contributed by atoms with van der Waals surface area (Å²) >= 11 is 1.43. The first-order chi connectivity index (χ1) is 15.5. The Bertz CT molecular complexity index is 1350. The van der Waals surface area contributed by atoms with Crippen molar-refractivity contribution in [3.8, 4) is 5.75 Å². The minimum Gasteiger partial charge on any atom is -0.503 e. The van der Waals surface area contributed by atoms with Gasteiger partial charge in [-0.3, -0.25) is 14.5 Å². The molecule has 1 atom stereocenters. The second kappa shape index (κ2) is 7.69. The molecule has 0 spiro atoms. The lowest BCUT2D eigenvalue weighted by Crippen LogP contribution is -2.30. The van der Waals surface area contributed by atoms with Crippen molar-refractivity contribution in [2.75, 3.05) is 12.0 Å². The molecule has 1 unspecified atom stereocenters. The molecule has 2 aromatic heterocycles. The summed E-state index contributed by atoms with van der Waals surface area (Å²) in [5.74, 6) is -0.992. The van der Waals surface area contributed by atoms with Crippen molar-refractivity contribution < 1.29 is 23.8 Å². The van der Waals surface area contributed by atoms with E-state index in [4.69, 9.17) is 9.15 Å². The number of benzene rings is 2. The standard InChI is InChI=1S/C25H19NO5S/c1-14-11-12-32-24(14)21-20(22(27)19-13-15-5-3-4-6-18(15)31-19)23(28)25(29)26(21)16-7-9-17(30-2)10-8-16/h3-13,21,28H,1-2H3. The number of para-hydroxylation sites is 1. The van der Waals surface area contributed by atoms with Gasteiger partial charge >= 0.3 is 0 Å². The third-order valence-electron chi connectivity index (χ3n) is 5.60. The number of aliphatic hydroxyl groups excluding tert-OH is 1. The first-order valence-corrected chi connectivity index (χ1v) is 10.9. The lowest BCUT2D eigenvalue weighted by molar-refractivity contribution is -0.117. The van der Waals surface area contributed by atoms with Gasteiger partial charge in [0.25, 0.3) is 5.91 Å². The minimum atomic E-state index is -0.767. The number of rotatable bonds is 5. The Hall–Kier alpha value is -3.84. The van der Waals surface area contributed by atoms with Crippen LogP contribution >= 0.6 is 11.3 Å². The number of thiophene rings is 1. The van der Waals surface area contributed by atoms with E-state index in [-0.39, 0.29) is 11.3 Å². The number of carbonyl (C=O) groups excluding carboxylic acids is 2. The van der Waals surface area contributed by atoms with Gasteiger partial charge in [0.1, 0.15) is 17.4 Å². The topological polar surface area (TPSA) is 80.0 Å². The van der Waals surface area contributed by atoms with Gasteiger partial charge in [-0.05, 0) is 60.3 Å². The highest BCUT2D eigenvalue weighted by molar-refractivity contribution is 7.10. The van der Waals surface area contributed by atoms with Crippen LogP contribution in [0.1, 0.15) is 27.0 Å². The highest BCUT2D eigenvalue weighted by Gasteiger charge is 2.46. The van der Waals surface area contributed by atoms with Gasteiger partial charge < -0.3 is 14.3 Å². The number of furan rings is 1. The van der Waals surface area contributed by atoms with E-state index in [0.717, 1.165) is 15.8 Å². The summed E-state index contributed by atoms with van der Waals surface area (Å²) in [6.45, 7) is 1.92. The van der Waals surface area contributed by atoms with Gasteiger partial charge in [0.15, 0.2) is 11.5 Å². The Morgan fingerprint density at radius 3 is 2.53 bits per heavy atom. The molecule has 0 radical (unpaired) electrons. The number of aryl methyl sites for hydroxylation is 1. The largest absolute Gasteiger partial charge is 0.503 e. The average Bonchev–Trinajstić information content (AvgIpc) is 3.50. The average molecular weight is 445 g/mol. The zero-order chi connectivity index (χ0) is 22.4. The first-order valence-electron chi connectivity index (χ1n) is 9.97. The van der Waals surface area contributed by atoms with Crippen LogP contribution < -0.4 is 9.64 Å². The molecule has 0 bridgehead atoms. The van der Waals surface area contributed by atoms with Gasteiger partial charge in [-0.15, -0.1) is 11.3 Å². The molecule has 3 heterocycles. The third kappa shape index (κ3) is 3.09. The first kappa shape index (κ1) is 20.1. The molecule has 2 aromatic carbocycles. The van der Waals surface area contributed by atoms with Crippen LogP contribution in [-0.2, 0) is 4.79 Å². The lowest BCUT2D eigenvalue weighted by atomic mass is 9.98. The summed E-state index contributed by atoms with van der Waals surface area (Å²) < 4.78 is 11.0. The second-order valence-electron chi connectivity index (χ2n) is 7.48. The highest BCUT2D eigenvalue weighted by Crippen LogP contribution is 2.45. The number of fused-ring (bicyclic) bond motifs is 1. The lowest BCUT2D eigenvalue weighted by Gasteiger charge is -2.26. The van der Waals surface area contributed by atoms with Crippen molar-refractivity contribution in [3.63, 3.8) is 0 Å². The number of nitrogens with zero attached hydrogens (tertiary/aromatic N) is 1. The van der Waals surface area contributed by atoms with Crippen LogP contribution in [0, 0.1) is 6.92 Å². The van der Waals surface area contributed by atoms with E-state index in [0.29, 0.717) is 17.0 Å². The van der Waals surface area contributed by atoms with E-state index in [1.165, 1.54) is 16.2 Å². The van der Waals surface area contributed by atoms with Gasteiger partial charge in [-0.1, -0.05) is 18.2 Å². The van der Waals surface area contributed by atoms with Crippen LogP contribution in [0.5, 0.6) is 5.75 Å². The van der Waals surface area contributed by atoms with Gasteiger partial charge in [0.05, 0.1) is 12.7 Å². The number of aliphatic hydroxyl groups is 1. The number of hydrogen-bond donors (Lipinski definition) is 1. The van der Waals surface area contributed by atoms with Crippen LogP contribution in [0.4, 0.5) is 5.69 Å². The minimum absolute atomic E-state index is 0.00965. The molecule has 0 saturated carbocycles. The summed E-state index contributed by atoms with van der Waals surface area (Å²) in [5, 5.41) is 13.5. The maximum atomic E-state index is 13.6. The molecule has 32 heavy (non-hydrogen) atoms. The van der Waals surface area contributed by atoms with Crippen LogP contribution in [0.15, 0.2) is 81.8 Å². The fourth-order valence-corrected chi connectivity index (χ4v) is 5.01. The van der Waals surface area contributed by atoms with Crippen molar-refractivity contribution >= 4 is 39.7 Å². The molecule has 5 rings (SSSR count). The fraction of sp³-hybridized carbons (Fsp3) is 0.120. The SMILES string of the molecule is COc1ccc(N2C(=O)C(O)=C(C(=O)c3cc4ccccc4o3)C2c2sccc2C)cc1. The Morgan fingerprint density at radius 2 is 1.88 bits per heavy atom. The van der Waals surface area contributed by atoms with Crippen molar-refractivity contribution in [1.82, 2.24) is 0 Å². The number of anilines is 1. The van der Waals surface area contributed by atoms with E-state index in [2.05, 4.69) is 0 Å². The number of Topliss-reactive ketones (excluding diaryl/α,β-unsaturated/α-hetero) is 1. The summed E-state index contributed by atoms with van der Waals surface area (Å²) in [6.07, 6.45) is 0. The molecular formula is C25H19NO5S. The number of methoxy groups -OCH3 is 1. The third-order valence-corrected chi connectivity index (χ3v) is 6.67. The Morgan fingerprint density at radius 1 is 1.12 bits per heavy atom. The number of ether oxygens (including phenoxy) is 1. The van der Waals surface area contributed by atoms with E-state index in [1.54, 1.807) is 43.5 Å². The van der Waals surface area contributed by atoms with Crippen LogP contribution in [0.2, 0.25) is 0 Å². The smallest absolute Gasteiger partial charge is 0.294 e. The zero-order valence-corrected chi connectivity index (χ0v) is 18.2. The summed E-state index contributed by atoms with van der Waals surface area (Å²) in [4.78, 5) is 29.0. The molecule has 6 nitrogen and oxygen atoms in total. The Labute approximate surface area is 188 Å². The zero-order valence-electron chi connectivity index (χ0n) is 17.4. The molecule has 1 N–H and O–H groups in total. The predicted molar refractivity (Wildman–Crippen MR) is 122 cm³/mol. The fourth-order valence-electron chi connectivity index (χ4n) is 3.99. The molecule has 4 aromatic rings. The quantitative estimate of drug-likeness (QED) is 0.405. The molecule has 0 fully saturated rings. The number of amides is 1. The Balaban J connectivity index is 1.64. The van der Waals surface area contributed by atoms with E-state index in [1.807, 2.05) is 36.6 Å². The number of hydrogen-bond acceptors (Lipinski definition) is 6. The second-order valence-corrected chi connectivity index (χ2v) is 8.43. The summed E-state index contributed by atoms with van der Waals surface area (Å²) in [6, 6.07) is 17.0. The number of carbonyl (C=O) groups is 2. The molecule has 0 saturated heterocycles. The van der Waals surface area contributed by atoms with Gasteiger partial charge in [0.2, 0.25) is 5.78 Å². The van der Waals surface area contributed by atoms with Crippen LogP contribution in [0.25, 0.3) is 11.0 Å². The predicted octanol–water partition coefficient (Wildman–Crippen LogP) is 5.59. The van der Waals surface area contributed by atoms with Gasteiger partial charge in [-0.25, -0.2) is 0 Å². The molecule has 1 amide bonds. The molecule has 160 valence electrons. The highest BCUT2D eigenvalue weighted by atomic mass is 32.1. The number of ketones is 1. The molecule has 0 aliphatic carbocycles. The van der Waals surface area contributed by atoms with Gasteiger partial charge in [0, 0.05) is 16.0 Å². The van der Waals surface area contributed by atoms with Gasteiger partial charge in [-0.2, -0.15) is 0 Å². The van der Waals surface area contributed by atoms with E-state index >= 15 is 0 Å². The Kier molecular flexibility index (Phi) is 4.83. The molecule has 7 heteroatoms.